The van der Waals surface area contributed by atoms with E-state index in [2.05, 4.69) is 0 Å². The number of carbonyl (C=O) groups excluding carboxylic acids is 1. The number of hydrogen-bond acceptors (Lipinski definition) is 1. The molecule has 0 spiro atoms. The summed E-state index contributed by atoms with van der Waals surface area (Å²) in [6.07, 6.45) is 0.448. The van der Waals surface area contributed by atoms with Gasteiger partial charge in [0.1, 0.15) is 5.82 Å². The Balaban J connectivity index is 0.000000861. The lowest BCUT2D eigenvalue weighted by Gasteiger charge is -2.33. The molecule has 0 radical (unpaired) electrons. The van der Waals surface area contributed by atoms with Crippen molar-refractivity contribution in [2.75, 3.05) is 0 Å². The molecule has 2 rings (SSSR count). The van der Waals surface area contributed by atoms with E-state index in [0.717, 1.165) is 22.3 Å². The molecule has 1 aliphatic rings. The van der Waals surface area contributed by atoms with Crippen LogP contribution in [0.2, 0.25) is 0 Å². The SMILES string of the molecule is CC.CC(C)=C1C(=O)CC(C)(C)c2cc(F)ccc21. The van der Waals surface area contributed by atoms with Gasteiger partial charge in [0.05, 0.1) is 0 Å². The van der Waals surface area contributed by atoms with Crippen LogP contribution in [0, 0.1) is 5.82 Å². The second-order valence-electron chi connectivity index (χ2n) is 5.55. The van der Waals surface area contributed by atoms with Crippen molar-refractivity contribution in [3.8, 4) is 0 Å². The molecule has 19 heavy (non-hydrogen) atoms. The Morgan fingerprint density at radius 2 is 1.79 bits per heavy atom. The second kappa shape index (κ2) is 5.68. The molecule has 0 saturated heterocycles. The largest absolute Gasteiger partial charge is 0.294 e. The third-order valence-corrected chi connectivity index (χ3v) is 3.36. The van der Waals surface area contributed by atoms with E-state index in [1.807, 2.05) is 41.5 Å². The summed E-state index contributed by atoms with van der Waals surface area (Å²) in [7, 11) is 0. The van der Waals surface area contributed by atoms with E-state index in [1.54, 1.807) is 12.1 Å². The van der Waals surface area contributed by atoms with Gasteiger partial charge in [-0.25, -0.2) is 4.39 Å². The third kappa shape index (κ3) is 2.94. The van der Waals surface area contributed by atoms with Crippen LogP contribution < -0.4 is 0 Å². The van der Waals surface area contributed by atoms with Crippen LogP contribution >= 0.6 is 0 Å². The maximum absolute atomic E-state index is 13.4. The van der Waals surface area contributed by atoms with Gasteiger partial charge in [-0.1, -0.05) is 39.3 Å². The summed E-state index contributed by atoms with van der Waals surface area (Å²) >= 11 is 0. The van der Waals surface area contributed by atoms with Crippen molar-refractivity contribution in [2.24, 2.45) is 0 Å². The number of fused-ring (bicyclic) bond motifs is 1. The molecule has 0 unspecified atom stereocenters. The number of Topliss-reactive ketones (excluding diaryl/α,β-unsaturated/α-hetero) is 1. The highest BCUT2D eigenvalue weighted by atomic mass is 19.1. The standard InChI is InChI=1S/C15H17FO.C2H6/c1-9(2)14-11-6-5-10(16)7-12(11)15(3,4)8-13(14)17;1-2/h5-7H,8H2,1-4H3;1-2H3. The van der Waals surface area contributed by atoms with Gasteiger partial charge in [-0.3, -0.25) is 4.79 Å². The first-order valence-electron chi connectivity index (χ1n) is 6.84. The summed E-state index contributed by atoms with van der Waals surface area (Å²) in [6, 6.07) is 4.72. The van der Waals surface area contributed by atoms with Crippen LogP contribution in [0.25, 0.3) is 5.57 Å². The molecule has 1 aliphatic carbocycles. The molecule has 0 fully saturated rings. The molecule has 0 N–H and O–H groups in total. The Bertz CT molecular complexity index is 520. The van der Waals surface area contributed by atoms with Gasteiger partial charge in [-0.2, -0.15) is 0 Å². The number of carbonyl (C=O) groups is 1. The van der Waals surface area contributed by atoms with Gasteiger partial charge in [0.15, 0.2) is 5.78 Å². The summed E-state index contributed by atoms with van der Waals surface area (Å²) in [5.74, 6) is -0.0756. The lowest BCUT2D eigenvalue weighted by Crippen LogP contribution is -2.29. The molecule has 1 nitrogen and oxygen atoms in total. The van der Waals surface area contributed by atoms with Gasteiger partial charge in [-0.15, -0.1) is 0 Å². The number of allylic oxidation sites excluding steroid dienone is 2. The molecule has 0 bridgehead atoms. The fraction of sp³-hybridized carbons (Fsp3) is 0.471. The van der Waals surface area contributed by atoms with E-state index in [9.17, 15) is 9.18 Å². The number of ketones is 1. The summed E-state index contributed by atoms with van der Waals surface area (Å²) < 4.78 is 13.4. The first-order chi connectivity index (χ1) is 8.83. The molecule has 104 valence electrons. The quantitative estimate of drug-likeness (QED) is 0.608. The highest BCUT2D eigenvalue weighted by Crippen LogP contribution is 2.41. The predicted molar refractivity (Wildman–Crippen MR) is 78.7 cm³/mol. The zero-order valence-electron chi connectivity index (χ0n) is 12.7. The highest BCUT2D eigenvalue weighted by molar-refractivity contribution is 6.23. The number of hydrogen-bond donors (Lipinski definition) is 0. The fourth-order valence-corrected chi connectivity index (χ4v) is 2.58. The van der Waals surface area contributed by atoms with E-state index >= 15 is 0 Å². The highest BCUT2D eigenvalue weighted by Gasteiger charge is 2.35. The first-order valence-corrected chi connectivity index (χ1v) is 6.84. The van der Waals surface area contributed by atoms with Crippen molar-refractivity contribution in [1.29, 1.82) is 0 Å². The Morgan fingerprint density at radius 1 is 1.21 bits per heavy atom. The van der Waals surface area contributed by atoms with Gasteiger partial charge in [0.2, 0.25) is 0 Å². The molecule has 0 amide bonds. The summed E-state index contributed by atoms with van der Waals surface area (Å²) in [5, 5.41) is 0. The molecule has 0 aromatic heterocycles. The van der Waals surface area contributed by atoms with E-state index < -0.39 is 0 Å². The van der Waals surface area contributed by atoms with Crippen LogP contribution in [0.4, 0.5) is 4.39 Å². The Labute approximate surface area is 115 Å². The fourth-order valence-electron chi connectivity index (χ4n) is 2.58. The first kappa shape index (κ1) is 15.6. The molecule has 0 saturated carbocycles. The van der Waals surface area contributed by atoms with Crippen molar-refractivity contribution in [3.05, 3.63) is 40.7 Å². The monoisotopic (exact) mass is 262 g/mol. The van der Waals surface area contributed by atoms with E-state index in [4.69, 9.17) is 0 Å². The average Bonchev–Trinajstić information content (AvgIpc) is 2.31. The molecule has 0 aliphatic heterocycles. The zero-order valence-corrected chi connectivity index (χ0v) is 12.7. The molecule has 1 aromatic rings. The van der Waals surface area contributed by atoms with Crippen LogP contribution in [-0.4, -0.2) is 5.78 Å². The van der Waals surface area contributed by atoms with Crippen molar-refractivity contribution in [1.82, 2.24) is 0 Å². The van der Waals surface area contributed by atoms with Crippen LogP contribution in [0.3, 0.4) is 0 Å². The van der Waals surface area contributed by atoms with Gasteiger partial charge >= 0.3 is 0 Å². The lowest BCUT2D eigenvalue weighted by atomic mass is 9.69. The van der Waals surface area contributed by atoms with Gasteiger partial charge in [0.25, 0.3) is 0 Å². The minimum atomic E-state index is -0.284. The normalized spacial score (nSPS) is 16.4. The minimum Gasteiger partial charge on any atom is -0.294 e. The van der Waals surface area contributed by atoms with E-state index in [-0.39, 0.29) is 17.0 Å². The third-order valence-electron chi connectivity index (χ3n) is 3.36. The molecular formula is C17H23FO. The summed E-state index contributed by atoms with van der Waals surface area (Å²) in [4.78, 5) is 12.1. The Morgan fingerprint density at radius 3 is 2.32 bits per heavy atom. The molecule has 0 heterocycles. The summed E-state index contributed by atoms with van der Waals surface area (Å²) in [6.45, 7) is 11.8. The van der Waals surface area contributed by atoms with Crippen LogP contribution in [-0.2, 0) is 10.2 Å². The predicted octanol–water partition coefficient (Wildman–Crippen LogP) is 4.90. The van der Waals surface area contributed by atoms with Gasteiger partial charge in [-0.05, 0) is 42.5 Å². The van der Waals surface area contributed by atoms with E-state index in [1.165, 1.54) is 6.07 Å². The smallest absolute Gasteiger partial charge is 0.164 e. The van der Waals surface area contributed by atoms with E-state index in [0.29, 0.717) is 6.42 Å². The summed E-state index contributed by atoms with van der Waals surface area (Å²) in [5.41, 5.74) is 3.31. The van der Waals surface area contributed by atoms with Crippen molar-refractivity contribution in [2.45, 2.75) is 53.4 Å². The van der Waals surface area contributed by atoms with Crippen LogP contribution in [0.5, 0.6) is 0 Å². The number of benzene rings is 1. The second-order valence-corrected chi connectivity index (χ2v) is 5.55. The maximum atomic E-state index is 13.4. The maximum Gasteiger partial charge on any atom is 0.164 e. The van der Waals surface area contributed by atoms with Crippen molar-refractivity contribution >= 4 is 11.4 Å². The molecule has 0 atom stereocenters. The van der Waals surface area contributed by atoms with Gasteiger partial charge in [0, 0.05) is 12.0 Å². The van der Waals surface area contributed by atoms with Crippen molar-refractivity contribution < 1.29 is 9.18 Å². The van der Waals surface area contributed by atoms with Gasteiger partial charge < -0.3 is 0 Å². The zero-order chi connectivity index (χ0) is 14.8. The molecule has 2 heteroatoms. The Hall–Kier alpha value is -1.44. The van der Waals surface area contributed by atoms with Crippen LogP contribution in [0.1, 0.15) is 59.1 Å². The average molecular weight is 262 g/mol. The number of rotatable bonds is 0. The topological polar surface area (TPSA) is 17.1 Å². The molecule has 1 aromatic carbocycles. The minimum absolute atomic E-state index is 0.161. The Kier molecular flexibility index (Phi) is 4.67. The van der Waals surface area contributed by atoms with Crippen LogP contribution in [0.15, 0.2) is 23.8 Å². The number of halogens is 1. The lowest BCUT2D eigenvalue weighted by molar-refractivity contribution is -0.115. The van der Waals surface area contributed by atoms with Crippen molar-refractivity contribution in [3.63, 3.8) is 0 Å². The molecular weight excluding hydrogens is 239 g/mol.